The van der Waals surface area contributed by atoms with Crippen molar-refractivity contribution in [3.8, 4) is 0 Å². The van der Waals surface area contributed by atoms with Crippen molar-refractivity contribution >= 4 is 5.91 Å². The Hall–Kier alpha value is -1.73. The van der Waals surface area contributed by atoms with Crippen LogP contribution in [0.5, 0.6) is 0 Å². The van der Waals surface area contributed by atoms with Gasteiger partial charge in [0, 0.05) is 6.42 Å². The number of benzene rings is 1. The standard InChI is InChI=1S/C13H11F6NO/c1-6-2-10(21)20-11(6)7-3-8(12(14,15)16)5-9(4-7)13(17,18)19/h3-6,11H,2H2,1H3,(H,20,21)/t6-,11+/m0/s1. The lowest BCUT2D eigenvalue weighted by atomic mass is 9.93. The smallest absolute Gasteiger partial charge is 0.349 e. The molecule has 0 radical (unpaired) electrons. The van der Waals surface area contributed by atoms with Crippen LogP contribution in [0.4, 0.5) is 26.3 Å². The van der Waals surface area contributed by atoms with Gasteiger partial charge in [0.2, 0.25) is 5.91 Å². The summed E-state index contributed by atoms with van der Waals surface area (Å²) < 4.78 is 76.5. The Balaban J connectivity index is 2.53. The molecule has 2 rings (SSSR count). The number of rotatable bonds is 1. The van der Waals surface area contributed by atoms with Crippen molar-refractivity contribution in [2.75, 3.05) is 0 Å². The van der Waals surface area contributed by atoms with Crippen LogP contribution < -0.4 is 5.32 Å². The van der Waals surface area contributed by atoms with Gasteiger partial charge < -0.3 is 5.32 Å². The summed E-state index contributed by atoms with van der Waals surface area (Å²) >= 11 is 0. The first-order valence-electron chi connectivity index (χ1n) is 6.07. The van der Waals surface area contributed by atoms with Gasteiger partial charge in [-0.25, -0.2) is 0 Å². The van der Waals surface area contributed by atoms with Crippen LogP contribution in [0.3, 0.4) is 0 Å². The molecule has 1 amide bonds. The summed E-state index contributed by atoms with van der Waals surface area (Å²) in [6.45, 7) is 1.59. The summed E-state index contributed by atoms with van der Waals surface area (Å²) in [5.41, 5.74) is -2.93. The summed E-state index contributed by atoms with van der Waals surface area (Å²) in [6, 6.07) is 0.537. The molecule has 0 unspecified atom stereocenters. The van der Waals surface area contributed by atoms with Gasteiger partial charge in [-0.1, -0.05) is 6.92 Å². The molecule has 1 heterocycles. The molecule has 0 bridgehead atoms. The Morgan fingerprint density at radius 2 is 1.48 bits per heavy atom. The summed E-state index contributed by atoms with van der Waals surface area (Å²) in [7, 11) is 0. The molecule has 8 heteroatoms. The molecule has 1 N–H and O–H groups in total. The first-order valence-corrected chi connectivity index (χ1v) is 6.07. The van der Waals surface area contributed by atoms with Gasteiger partial charge in [-0.3, -0.25) is 4.79 Å². The molecule has 116 valence electrons. The largest absolute Gasteiger partial charge is 0.416 e. The summed E-state index contributed by atoms with van der Waals surface area (Å²) in [4.78, 5) is 11.2. The Kier molecular flexibility index (Phi) is 3.67. The molecule has 0 saturated carbocycles. The van der Waals surface area contributed by atoms with Gasteiger partial charge in [0.05, 0.1) is 17.2 Å². The van der Waals surface area contributed by atoms with E-state index in [9.17, 15) is 31.1 Å². The predicted molar refractivity (Wildman–Crippen MR) is 61.1 cm³/mol. The third-order valence-electron chi connectivity index (χ3n) is 3.36. The fourth-order valence-electron chi connectivity index (χ4n) is 2.36. The van der Waals surface area contributed by atoms with Crippen LogP contribution in [-0.4, -0.2) is 5.91 Å². The zero-order chi connectivity index (χ0) is 16.0. The second-order valence-electron chi connectivity index (χ2n) is 5.07. The first kappa shape index (κ1) is 15.7. The van der Waals surface area contributed by atoms with Crippen LogP contribution in [0.2, 0.25) is 0 Å². The van der Waals surface area contributed by atoms with Crippen molar-refractivity contribution in [1.29, 1.82) is 0 Å². The van der Waals surface area contributed by atoms with Crippen LogP contribution >= 0.6 is 0 Å². The number of hydrogen-bond acceptors (Lipinski definition) is 1. The quantitative estimate of drug-likeness (QED) is 0.783. The van der Waals surface area contributed by atoms with Crippen LogP contribution in [0.25, 0.3) is 0 Å². The lowest BCUT2D eigenvalue weighted by Gasteiger charge is -2.20. The van der Waals surface area contributed by atoms with E-state index in [-0.39, 0.29) is 24.0 Å². The maximum Gasteiger partial charge on any atom is 0.416 e. The highest BCUT2D eigenvalue weighted by Gasteiger charge is 2.39. The highest BCUT2D eigenvalue weighted by molar-refractivity contribution is 5.79. The normalized spacial score (nSPS) is 23.3. The van der Waals surface area contributed by atoms with Crippen molar-refractivity contribution in [2.45, 2.75) is 31.7 Å². The molecule has 21 heavy (non-hydrogen) atoms. The molecular weight excluding hydrogens is 300 g/mol. The van der Waals surface area contributed by atoms with E-state index in [1.54, 1.807) is 6.92 Å². The second kappa shape index (κ2) is 4.92. The van der Waals surface area contributed by atoms with Crippen molar-refractivity contribution in [2.24, 2.45) is 5.92 Å². The number of halogens is 6. The molecule has 0 aromatic heterocycles. The van der Waals surface area contributed by atoms with E-state index in [4.69, 9.17) is 0 Å². The van der Waals surface area contributed by atoms with E-state index >= 15 is 0 Å². The fraction of sp³-hybridized carbons (Fsp3) is 0.462. The number of nitrogens with one attached hydrogen (secondary N) is 1. The van der Waals surface area contributed by atoms with Gasteiger partial charge in [0.15, 0.2) is 0 Å². The molecule has 1 aliphatic rings. The average Bonchev–Trinajstić information content (AvgIpc) is 2.65. The molecule has 1 aliphatic heterocycles. The van der Waals surface area contributed by atoms with Crippen molar-refractivity contribution in [3.63, 3.8) is 0 Å². The third-order valence-corrected chi connectivity index (χ3v) is 3.36. The molecule has 2 nitrogen and oxygen atoms in total. The summed E-state index contributed by atoms with van der Waals surface area (Å²) in [5, 5.41) is 2.40. The summed E-state index contributed by atoms with van der Waals surface area (Å²) in [6.07, 6.45) is -9.70. The fourth-order valence-corrected chi connectivity index (χ4v) is 2.36. The molecule has 1 fully saturated rings. The Labute approximate surface area is 116 Å². The number of carbonyl (C=O) groups excluding carboxylic acids is 1. The SMILES string of the molecule is C[C@H]1CC(=O)N[C@H]1c1cc(C(F)(F)F)cc(C(F)(F)F)c1. The number of carbonyl (C=O) groups is 1. The van der Waals surface area contributed by atoms with Crippen LogP contribution in [0.15, 0.2) is 18.2 Å². The van der Waals surface area contributed by atoms with Gasteiger partial charge in [-0.2, -0.15) is 26.3 Å². The minimum absolute atomic E-state index is 0.0717. The van der Waals surface area contributed by atoms with E-state index in [0.29, 0.717) is 12.1 Å². The second-order valence-corrected chi connectivity index (χ2v) is 5.07. The number of alkyl halides is 6. The van der Waals surface area contributed by atoms with E-state index in [1.807, 2.05) is 0 Å². The Bertz CT molecular complexity index is 531. The molecule has 2 atom stereocenters. The lowest BCUT2D eigenvalue weighted by Crippen LogP contribution is -2.22. The predicted octanol–water partition coefficient (Wildman–Crippen LogP) is 3.92. The van der Waals surface area contributed by atoms with Crippen LogP contribution in [0.1, 0.15) is 36.1 Å². The maximum atomic E-state index is 12.7. The third kappa shape index (κ3) is 3.30. The van der Waals surface area contributed by atoms with Gasteiger partial charge in [-0.15, -0.1) is 0 Å². The van der Waals surface area contributed by atoms with Gasteiger partial charge in [0.25, 0.3) is 0 Å². The van der Waals surface area contributed by atoms with E-state index < -0.39 is 35.4 Å². The molecular formula is C13H11F6NO. The van der Waals surface area contributed by atoms with E-state index in [0.717, 1.165) is 0 Å². The van der Waals surface area contributed by atoms with Crippen molar-refractivity contribution in [1.82, 2.24) is 5.32 Å². The van der Waals surface area contributed by atoms with Crippen molar-refractivity contribution in [3.05, 3.63) is 34.9 Å². The highest BCUT2D eigenvalue weighted by atomic mass is 19.4. The van der Waals surface area contributed by atoms with Gasteiger partial charge in [0.1, 0.15) is 0 Å². The minimum atomic E-state index is -4.89. The van der Waals surface area contributed by atoms with E-state index in [2.05, 4.69) is 5.32 Å². The first-order chi connectivity index (χ1) is 9.48. The number of hydrogen-bond donors (Lipinski definition) is 1. The molecule has 0 spiro atoms. The topological polar surface area (TPSA) is 29.1 Å². The molecule has 1 aromatic carbocycles. The Morgan fingerprint density at radius 1 is 1.00 bits per heavy atom. The minimum Gasteiger partial charge on any atom is -0.349 e. The van der Waals surface area contributed by atoms with Crippen molar-refractivity contribution < 1.29 is 31.1 Å². The summed E-state index contributed by atoms with van der Waals surface area (Å²) in [5.74, 6) is -0.763. The molecule has 1 aromatic rings. The van der Waals surface area contributed by atoms with E-state index in [1.165, 1.54) is 0 Å². The highest BCUT2D eigenvalue weighted by Crippen LogP contribution is 2.39. The van der Waals surface area contributed by atoms with Gasteiger partial charge in [-0.05, 0) is 29.7 Å². The zero-order valence-electron chi connectivity index (χ0n) is 10.8. The average molecular weight is 311 g/mol. The monoisotopic (exact) mass is 311 g/mol. The van der Waals surface area contributed by atoms with Crippen LogP contribution in [0, 0.1) is 5.92 Å². The van der Waals surface area contributed by atoms with Gasteiger partial charge >= 0.3 is 12.4 Å². The molecule has 0 aliphatic carbocycles. The Morgan fingerprint density at radius 3 is 1.81 bits per heavy atom. The zero-order valence-corrected chi connectivity index (χ0v) is 10.8. The van der Waals surface area contributed by atoms with Crippen LogP contribution in [-0.2, 0) is 17.1 Å². The maximum absolute atomic E-state index is 12.7. The lowest BCUT2D eigenvalue weighted by molar-refractivity contribution is -0.143. The molecule has 1 saturated heterocycles. The number of amides is 1.